The van der Waals surface area contributed by atoms with Crippen molar-refractivity contribution in [3.8, 4) is 23.6 Å². The van der Waals surface area contributed by atoms with Gasteiger partial charge in [0, 0.05) is 26.3 Å². The van der Waals surface area contributed by atoms with Crippen molar-refractivity contribution in [1.82, 2.24) is 15.0 Å². The molecule has 0 saturated heterocycles. The molecule has 2 aromatic carbocycles. The third-order valence-electron chi connectivity index (χ3n) is 4.86. The smallest absolute Gasteiger partial charge is 0.301 e. The van der Waals surface area contributed by atoms with Crippen molar-refractivity contribution in [2.45, 2.75) is 13.0 Å². The molecule has 176 valence electrons. The number of benzene rings is 2. The zero-order valence-electron chi connectivity index (χ0n) is 18.0. The van der Waals surface area contributed by atoms with E-state index in [1.165, 1.54) is 25.1 Å². The van der Waals surface area contributed by atoms with Crippen LogP contribution in [0.1, 0.15) is 17.3 Å². The molecule has 11 heteroatoms. The molecule has 0 amide bonds. The number of ether oxygens (including phenoxy) is 2. The lowest BCUT2D eigenvalue weighted by molar-refractivity contribution is -0.126. The molecule has 0 bridgehead atoms. The Kier molecular flexibility index (Phi) is 7.36. The predicted octanol–water partition coefficient (Wildman–Crippen LogP) is 6.18. The number of nitriles is 1. The summed E-state index contributed by atoms with van der Waals surface area (Å²) >= 11 is 15.2. The summed E-state index contributed by atoms with van der Waals surface area (Å²) in [7, 11) is 0. The van der Waals surface area contributed by atoms with Gasteiger partial charge in [-0.2, -0.15) is 10.2 Å². The van der Waals surface area contributed by atoms with Gasteiger partial charge in [-0.25, -0.2) is 4.98 Å². The van der Waals surface area contributed by atoms with Crippen molar-refractivity contribution in [1.29, 1.82) is 5.26 Å². The number of aromatic nitrogens is 3. The van der Waals surface area contributed by atoms with E-state index in [0.29, 0.717) is 22.7 Å². The minimum atomic E-state index is -1.57. The quantitative estimate of drug-likeness (QED) is 0.197. The normalized spacial score (nSPS) is 12.5. The van der Waals surface area contributed by atoms with Gasteiger partial charge in [0.15, 0.2) is 29.2 Å². The molecule has 0 aliphatic heterocycles. The SMILES string of the molecule is CC(Oc1ccc(Oc2nc3ncc(Br)cc3[nH]2)cc1)C(=O)C(C#N)C(=O)c1cc(Cl)cc(Cl)c1. The molecule has 0 fully saturated rings. The first-order valence-electron chi connectivity index (χ1n) is 10.1. The van der Waals surface area contributed by atoms with Crippen LogP contribution in [-0.4, -0.2) is 32.6 Å². The van der Waals surface area contributed by atoms with Crippen LogP contribution in [-0.2, 0) is 4.79 Å². The fourth-order valence-corrected chi connectivity index (χ4v) is 4.07. The molecule has 35 heavy (non-hydrogen) atoms. The maximum atomic E-state index is 12.8. The number of rotatable bonds is 8. The van der Waals surface area contributed by atoms with Crippen LogP contribution in [0.5, 0.6) is 17.5 Å². The van der Waals surface area contributed by atoms with Gasteiger partial charge < -0.3 is 14.5 Å². The van der Waals surface area contributed by atoms with E-state index in [4.69, 9.17) is 32.7 Å². The van der Waals surface area contributed by atoms with Gasteiger partial charge >= 0.3 is 6.01 Å². The Bertz CT molecular complexity index is 1450. The van der Waals surface area contributed by atoms with Crippen LogP contribution in [0.15, 0.2) is 59.2 Å². The largest absolute Gasteiger partial charge is 0.483 e. The molecule has 0 aliphatic carbocycles. The number of hydrogen-bond donors (Lipinski definition) is 1. The number of Topliss-reactive ketones (excluding diaryl/α,β-unsaturated/α-hetero) is 2. The summed E-state index contributed by atoms with van der Waals surface area (Å²) in [5.74, 6) is -2.13. The average Bonchev–Trinajstić information content (AvgIpc) is 3.21. The number of hydrogen-bond acceptors (Lipinski definition) is 7. The van der Waals surface area contributed by atoms with E-state index in [-0.39, 0.29) is 21.6 Å². The van der Waals surface area contributed by atoms with E-state index in [1.807, 2.05) is 6.07 Å². The van der Waals surface area contributed by atoms with Crippen LogP contribution in [0.4, 0.5) is 0 Å². The second-order valence-corrected chi connectivity index (χ2v) is 9.18. The number of nitrogens with one attached hydrogen (secondary N) is 1. The number of halogens is 3. The third-order valence-corrected chi connectivity index (χ3v) is 5.73. The van der Waals surface area contributed by atoms with Crippen LogP contribution < -0.4 is 9.47 Å². The fourth-order valence-electron chi connectivity index (χ4n) is 3.21. The van der Waals surface area contributed by atoms with Crippen molar-refractivity contribution in [2.75, 3.05) is 0 Å². The summed E-state index contributed by atoms with van der Waals surface area (Å²) in [5.41, 5.74) is 1.30. The van der Waals surface area contributed by atoms with Gasteiger partial charge in [0.1, 0.15) is 11.5 Å². The van der Waals surface area contributed by atoms with Crippen molar-refractivity contribution < 1.29 is 19.1 Å². The minimum Gasteiger partial charge on any atom is -0.483 e. The Morgan fingerprint density at radius 3 is 2.40 bits per heavy atom. The highest BCUT2D eigenvalue weighted by Crippen LogP contribution is 2.26. The van der Waals surface area contributed by atoms with Crippen LogP contribution in [0.25, 0.3) is 11.2 Å². The Morgan fingerprint density at radius 1 is 1.09 bits per heavy atom. The van der Waals surface area contributed by atoms with Gasteiger partial charge in [0.2, 0.25) is 0 Å². The number of imidazole rings is 1. The Morgan fingerprint density at radius 2 is 1.74 bits per heavy atom. The second-order valence-electron chi connectivity index (χ2n) is 7.39. The van der Waals surface area contributed by atoms with Crippen LogP contribution >= 0.6 is 39.1 Å². The molecule has 2 aromatic heterocycles. The van der Waals surface area contributed by atoms with Gasteiger partial charge in [-0.1, -0.05) is 23.2 Å². The molecule has 4 rings (SSSR count). The van der Waals surface area contributed by atoms with Gasteiger partial charge in [-0.3, -0.25) is 9.59 Å². The van der Waals surface area contributed by atoms with Gasteiger partial charge in [-0.15, -0.1) is 0 Å². The number of carbonyl (C=O) groups excluding carboxylic acids is 2. The number of fused-ring (bicyclic) bond motifs is 1. The highest BCUT2D eigenvalue weighted by molar-refractivity contribution is 9.10. The first kappa shape index (κ1) is 24.7. The van der Waals surface area contributed by atoms with E-state index in [1.54, 1.807) is 36.5 Å². The van der Waals surface area contributed by atoms with E-state index in [9.17, 15) is 14.9 Å². The molecule has 0 radical (unpaired) electrons. The standard InChI is InChI=1S/C24H15BrCl2N4O4/c1-12(21(32)19(10-28)22(33)13-6-15(26)9-16(27)7-13)34-17-2-4-18(5-3-17)35-24-30-20-8-14(25)11-29-23(20)31-24/h2-9,11-12,19H,1H3,(H,29,30,31). The molecule has 0 aliphatic rings. The summed E-state index contributed by atoms with van der Waals surface area (Å²) in [4.78, 5) is 37.0. The number of aromatic amines is 1. The summed E-state index contributed by atoms with van der Waals surface area (Å²) in [5, 5.41) is 9.93. The molecule has 0 spiro atoms. The van der Waals surface area contributed by atoms with Gasteiger partial charge in [-0.05, 0) is 71.4 Å². The average molecular weight is 574 g/mol. The molecule has 2 heterocycles. The van der Waals surface area contributed by atoms with Crippen LogP contribution in [0, 0.1) is 17.2 Å². The number of nitrogens with zero attached hydrogens (tertiary/aromatic N) is 3. The van der Waals surface area contributed by atoms with Crippen molar-refractivity contribution in [2.24, 2.45) is 5.92 Å². The van der Waals surface area contributed by atoms with Gasteiger partial charge in [0.05, 0.1) is 11.6 Å². The molecule has 4 aromatic rings. The lowest BCUT2D eigenvalue weighted by Crippen LogP contribution is -2.34. The summed E-state index contributed by atoms with van der Waals surface area (Å²) in [6.45, 7) is 1.47. The van der Waals surface area contributed by atoms with E-state index >= 15 is 0 Å². The summed E-state index contributed by atoms with van der Waals surface area (Å²) < 4.78 is 12.2. The van der Waals surface area contributed by atoms with E-state index in [0.717, 1.165) is 4.47 Å². The Balaban J connectivity index is 1.42. The molecule has 0 saturated carbocycles. The summed E-state index contributed by atoms with van der Waals surface area (Å²) in [6.07, 6.45) is 0.570. The second kappa shape index (κ2) is 10.4. The molecule has 2 atom stereocenters. The minimum absolute atomic E-state index is 0.0734. The van der Waals surface area contributed by atoms with E-state index in [2.05, 4.69) is 30.9 Å². The Hall–Kier alpha value is -3.45. The zero-order chi connectivity index (χ0) is 25.1. The number of carbonyl (C=O) groups is 2. The van der Waals surface area contributed by atoms with Crippen LogP contribution in [0.3, 0.4) is 0 Å². The number of ketones is 2. The number of pyridine rings is 1. The topological polar surface area (TPSA) is 118 Å². The highest BCUT2D eigenvalue weighted by atomic mass is 79.9. The lowest BCUT2D eigenvalue weighted by Gasteiger charge is -2.16. The monoisotopic (exact) mass is 572 g/mol. The first-order chi connectivity index (χ1) is 16.7. The molecule has 2 unspecified atom stereocenters. The number of H-pyrrole nitrogens is 1. The Labute approximate surface area is 217 Å². The molecular formula is C24H15BrCl2N4O4. The molecule has 1 N–H and O–H groups in total. The van der Waals surface area contributed by atoms with E-state index < -0.39 is 23.6 Å². The lowest BCUT2D eigenvalue weighted by atomic mass is 9.92. The molecular weight excluding hydrogens is 559 g/mol. The maximum absolute atomic E-state index is 12.8. The van der Waals surface area contributed by atoms with Crippen molar-refractivity contribution in [3.63, 3.8) is 0 Å². The third kappa shape index (κ3) is 5.80. The fraction of sp³-hybridized carbons (Fsp3) is 0.125. The van der Waals surface area contributed by atoms with Crippen molar-refractivity contribution in [3.05, 3.63) is 74.8 Å². The first-order valence-corrected chi connectivity index (χ1v) is 11.7. The highest BCUT2D eigenvalue weighted by Gasteiger charge is 2.32. The van der Waals surface area contributed by atoms with Crippen molar-refractivity contribution >= 4 is 61.9 Å². The zero-order valence-corrected chi connectivity index (χ0v) is 21.1. The molecule has 8 nitrogen and oxygen atoms in total. The summed E-state index contributed by atoms with van der Waals surface area (Å²) in [6, 6.07) is 14.5. The predicted molar refractivity (Wildman–Crippen MR) is 133 cm³/mol. The van der Waals surface area contributed by atoms with Crippen LogP contribution in [0.2, 0.25) is 10.0 Å². The van der Waals surface area contributed by atoms with Gasteiger partial charge in [0.25, 0.3) is 0 Å². The maximum Gasteiger partial charge on any atom is 0.301 e.